The van der Waals surface area contributed by atoms with Crippen LogP contribution in [0.3, 0.4) is 0 Å². The zero-order valence-corrected chi connectivity index (χ0v) is 42.4. The molecule has 0 radical (unpaired) electrons. The minimum Gasteiger partial charge on any atom is -0.464 e. The summed E-state index contributed by atoms with van der Waals surface area (Å²) in [4.78, 5) is 72.0. The number of carbonyl (C=O) groups is 4. The number of ether oxygens (including phenoxy) is 3. The molecule has 70 heavy (non-hydrogen) atoms. The molecule has 16 heteroatoms. The van der Waals surface area contributed by atoms with E-state index in [2.05, 4.69) is 70.6 Å². The summed E-state index contributed by atoms with van der Waals surface area (Å²) in [6.07, 6.45) is 11.6. The molecule has 0 unspecified atom stereocenters. The van der Waals surface area contributed by atoms with Crippen molar-refractivity contribution in [3.63, 3.8) is 0 Å². The van der Waals surface area contributed by atoms with Gasteiger partial charge in [-0.3, -0.25) is 34.1 Å². The van der Waals surface area contributed by atoms with Crippen LogP contribution in [0.15, 0.2) is 41.9 Å². The van der Waals surface area contributed by atoms with E-state index in [0.717, 1.165) is 127 Å². The van der Waals surface area contributed by atoms with Gasteiger partial charge >= 0.3 is 5.97 Å². The minimum absolute atomic E-state index is 0.0604. The molecular weight excluding hydrogens is 905 g/mol. The second-order valence-electron chi connectivity index (χ2n) is 22.4. The highest BCUT2D eigenvalue weighted by atomic mass is 32.1. The van der Waals surface area contributed by atoms with Crippen LogP contribution in [0.5, 0.6) is 0 Å². The van der Waals surface area contributed by atoms with E-state index >= 15 is 4.79 Å². The van der Waals surface area contributed by atoms with Crippen molar-refractivity contribution in [3.8, 4) is 22.5 Å². The van der Waals surface area contributed by atoms with Crippen molar-refractivity contribution in [2.75, 3.05) is 46.4 Å². The number of nitrogens with one attached hydrogen (secondary N) is 2. The van der Waals surface area contributed by atoms with Gasteiger partial charge in [-0.05, 0) is 120 Å². The molecule has 5 aliphatic heterocycles. The zero-order chi connectivity index (χ0) is 48.5. The first kappa shape index (κ1) is 47.6. The molecule has 15 nitrogen and oxygen atoms in total. The van der Waals surface area contributed by atoms with Crippen LogP contribution in [0.25, 0.3) is 33.4 Å². The van der Waals surface area contributed by atoms with Crippen molar-refractivity contribution >= 4 is 45.9 Å². The number of fused-ring (bicyclic) bond motifs is 6. The van der Waals surface area contributed by atoms with Gasteiger partial charge in [0.25, 0.3) is 11.8 Å². The number of aromatic nitrogens is 3. The van der Waals surface area contributed by atoms with Crippen LogP contribution in [-0.2, 0) is 52.8 Å². The zero-order valence-electron chi connectivity index (χ0n) is 41.5. The van der Waals surface area contributed by atoms with Crippen LogP contribution in [0.2, 0.25) is 0 Å². The van der Waals surface area contributed by atoms with E-state index in [9.17, 15) is 14.4 Å². The molecule has 1 aromatic carbocycles. The second-order valence-corrected chi connectivity index (χ2v) is 23.3. The Balaban J connectivity index is 0.908. The molecule has 3 amide bonds. The number of epoxide rings is 1. The van der Waals surface area contributed by atoms with Gasteiger partial charge in [0, 0.05) is 90.7 Å². The van der Waals surface area contributed by atoms with Crippen molar-refractivity contribution < 1.29 is 33.4 Å². The molecular formula is C54H70N8O7S. The van der Waals surface area contributed by atoms with Crippen LogP contribution < -0.4 is 10.7 Å². The Morgan fingerprint density at radius 1 is 1.03 bits per heavy atom. The standard InChI is InChI=1S/C54H70N8O7S/c1-6-61-42-18-17-35-25-37(42)38(46(61)36-13-9-21-55-44(36)32(2)67-5)27-53(3,4)31-68-52(66)39-14-10-22-62(58-39)50(64)40(26-43-56-41(35)28-70-43)57-49(63)45(33-11-7-8-12-33)59-23-19-54(29-59)20-24-60(30-54)51(65)48-47(69-48)34-15-16-34/h9,13,17-18,21,25,28,32-34,39-40,45,47-48,58H,6-8,10-12,14-16,19-20,22-24,26-27,29-31H2,1-5H3,(H,57,63)/t32-,39-,40-,45-,47+,48+,54-/m0/s1. The second kappa shape index (κ2) is 19.0. The molecule has 4 saturated heterocycles. The predicted molar refractivity (Wildman–Crippen MR) is 266 cm³/mol. The number of amides is 3. The monoisotopic (exact) mass is 975 g/mol. The number of aryl methyl sites for hydroxylation is 1. The lowest BCUT2D eigenvalue weighted by molar-refractivity contribution is -0.155. The molecule has 2 saturated carbocycles. The molecule has 6 bridgehead atoms. The summed E-state index contributed by atoms with van der Waals surface area (Å²) in [5, 5.41) is 8.74. The minimum atomic E-state index is -0.928. The Labute approximate surface area is 415 Å². The quantitative estimate of drug-likeness (QED) is 0.126. The molecule has 2 N–H and O–H groups in total. The number of hydrogen-bond donors (Lipinski definition) is 2. The lowest BCUT2D eigenvalue weighted by Crippen LogP contribution is -2.62. The number of likely N-dealkylation sites (tertiary alicyclic amines) is 2. The molecule has 4 aromatic rings. The van der Waals surface area contributed by atoms with E-state index in [1.807, 2.05) is 24.1 Å². The van der Waals surface area contributed by atoms with Crippen molar-refractivity contribution in [3.05, 3.63) is 58.2 Å². The van der Waals surface area contributed by atoms with E-state index in [0.29, 0.717) is 38.3 Å². The van der Waals surface area contributed by atoms with Crippen molar-refractivity contribution in [2.45, 2.75) is 148 Å². The maximum atomic E-state index is 15.1. The molecule has 6 fully saturated rings. The Hall–Kier alpha value is -4.74. The molecule has 7 aliphatic rings. The maximum absolute atomic E-state index is 15.1. The third-order valence-corrected chi connectivity index (χ3v) is 17.6. The van der Waals surface area contributed by atoms with Crippen molar-refractivity contribution in [2.24, 2.45) is 22.7 Å². The third-order valence-electron chi connectivity index (χ3n) is 16.7. The van der Waals surface area contributed by atoms with Gasteiger partial charge in [-0.15, -0.1) is 11.3 Å². The highest BCUT2D eigenvalue weighted by molar-refractivity contribution is 7.10. The van der Waals surface area contributed by atoms with E-state index in [4.69, 9.17) is 24.2 Å². The predicted octanol–water partition coefficient (Wildman–Crippen LogP) is 6.86. The number of benzene rings is 1. The van der Waals surface area contributed by atoms with Gasteiger partial charge in [0.1, 0.15) is 12.1 Å². The van der Waals surface area contributed by atoms with Crippen LogP contribution in [0.4, 0.5) is 0 Å². The smallest absolute Gasteiger partial charge is 0.324 e. The summed E-state index contributed by atoms with van der Waals surface area (Å²) in [5.74, 6) is 0.0370. The normalized spacial score (nSPS) is 28.3. The summed E-state index contributed by atoms with van der Waals surface area (Å²) < 4.78 is 20.2. The van der Waals surface area contributed by atoms with E-state index in [1.54, 1.807) is 7.11 Å². The Kier molecular flexibility index (Phi) is 12.9. The lowest BCUT2D eigenvalue weighted by atomic mass is 9.84. The fourth-order valence-corrected chi connectivity index (χ4v) is 13.6. The Morgan fingerprint density at radius 2 is 1.84 bits per heavy atom. The molecule has 7 atom stereocenters. The number of pyridine rings is 1. The fraction of sp³-hybridized carbons (Fsp3) is 0.630. The number of thiazole rings is 1. The Morgan fingerprint density at radius 3 is 2.63 bits per heavy atom. The summed E-state index contributed by atoms with van der Waals surface area (Å²) >= 11 is 1.50. The van der Waals surface area contributed by atoms with E-state index in [1.165, 1.54) is 16.3 Å². The number of cyclic esters (lactones) is 1. The highest BCUT2D eigenvalue weighted by Gasteiger charge is 2.57. The van der Waals surface area contributed by atoms with Gasteiger partial charge in [0.15, 0.2) is 6.10 Å². The average Bonchev–Trinajstić information content (AvgIpc) is 4.02. The first-order valence-corrected chi connectivity index (χ1v) is 27.0. The van der Waals surface area contributed by atoms with Gasteiger partial charge in [0.2, 0.25) is 5.91 Å². The topological polar surface area (TPSA) is 164 Å². The van der Waals surface area contributed by atoms with Gasteiger partial charge < -0.3 is 29.0 Å². The molecule has 2 aliphatic carbocycles. The molecule has 11 rings (SSSR count). The number of carbonyl (C=O) groups excluding carboxylic acids is 4. The van der Waals surface area contributed by atoms with Gasteiger partial charge in [0.05, 0.1) is 46.9 Å². The first-order valence-electron chi connectivity index (χ1n) is 26.1. The first-order chi connectivity index (χ1) is 33.8. The molecule has 8 heterocycles. The van der Waals surface area contributed by atoms with Crippen LogP contribution in [0.1, 0.15) is 114 Å². The van der Waals surface area contributed by atoms with Crippen LogP contribution >= 0.6 is 11.3 Å². The number of methoxy groups -OCH3 is 1. The number of hydrogen-bond acceptors (Lipinski definition) is 12. The summed E-state index contributed by atoms with van der Waals surface area (Å²) in [5.41, 5.74) is 9.63. The highest BCUT2D eigenvalue weighted by Crippen LogP contribution is 2.48. The van der Waals surface area contributed by atoms with E-state index in [-0.39, 0.29) is 60.4 Å². The van der Waals surface area contributed by atoms with Gasteiger partial charge in [-0.1, -0.05) is 32.8 Å². The lowest BCUT2D eigenvalue weighted by Gasteiger charge is -2.37. The SMILES string of the molecule is CCn1c(-c2cccnc2[C@H](C)OC)c2c3cc(ccc31)-c1csc(n1)C[C@H](NC(=O)[C@H](C1CCCC1)N1CC[C@]3(CCN(C(=O)[C@@H]4O[C@@H]4C4CC4)C3)C1)C(=O)N1CCC[C@H](N1)C(=O)OCC(C)(C)C2. The van der Waals surface area contributed by atoms with Crippen LogP contribution in [0, 0.1) is 22.7 Å². The Bertz CT molecular complexity index is 2660. The maximum Gasteiger partial charge on any atom is 0.324 e. The number of nitrogens with zero attached hydrogens (tertiary/aromatic N) is 6. The molecule has 1 spiro atoms. The average molecular weight is 975 g/mol. The van der Waals surface area contributed by atoms with Crippen molar-refractivity contribution in [1.29, 1.82) is 0 Å². The summed E-state index contributed by atoms with van der Waals surface area (Å²) in [7, 11) is 1.71. The van der Waals surface area contributed by atoms with Crippen LogP contribution in [-0.4, -0.2) is 130 Å². The number of esters is 1. The summed E-state index contributed by atoms with van der Waals surface area (Å²) in [6, 6.07) is 8.57. The third kappa shape index (κ3) is 9.20. The number of hydrazine groups is 1. The fourth-order valence-electron chi connectivity index (χ4n) is 12.7. The molecule has 374 valence electrons. The summed E-state index contributed by atoms with van der Waals surface area (Å²) in [6.45, 7) is 12.7. The molecule has 3 aromatic heterocycles. The van der Waals surface area contributed by atoms with Gasteiger partial charge in [-0.2, -0.15) is 0 Å². The largest absolute Gasteiger partial charge is 0.464 e. The number of rotatable bonds is 10. The van der Waals surface area contributed by atoms with E-state index < -0.39 is 29.5 Å². The van der Waals surface area contributed by atoms with Crippen molar-refractivity contribution in [1.82, 2.24) is 40.1 Å². The van der Waals surface area contributed by atoms with Gasteiger partial charge in [-0.25, -0.2) is 10.4 Å².